The third-order valence-corrected chi connectivity index (χ3v) is 5.16. The monoisotopic (exact) mass is 465 g/mol. The zero-order valence-corrected chi connectivity index (χ0v) is 21.7. The lowest BCUT2D eigenvalue weighted by molar-refractivity contribution is -0.142. The molecule has 32 heavy (non-hydrogen) atoms. The number of carbonyl (C=O) groups excluding carboxylic acids is 3. The summed E-state index contributed by atoms with van der Waals surface area (Å²) in [5.41, 5.74) is 1.53. The highest BCUT2D eigenvalue weighted by Gasteiger charge is 2.36. The van der Waals surface area contributed by atoms with E-state index in [1.165, 1.54) is 4.90 Å². The second kappa shape index (κ2) is 11.1. The van der Waals surface area contributed by atoms with Crippen molar-refractivity contribution in [2.45, 2.75) is 85.5 Å². The number of hydrogen-bond acceptors (Lipinski definition) is 5. The van der Waals surface area contributed by atoms with Gasteiger partial charge in [0.25, 0.3) is 0 Å². The Morgan fingerprint density at radius 2 is 1.69 bits per heavy atom. The Morgan fingerprint density at radius 1 is 1.09 bits per heavy atom. The predicted octanol–water partition coefficient (Wildman–Crippen LogP) is 3.93. The van der Waals surface area contributed by atoms with Crippen LogP contribution in [0.2, 0.25) is 0 Å². The quantitative estimate of drug-likeness (QED) is 0.533. The first-order valence-corrected chi connectivity index (χ1v) is 11.5. The molecule has 1 aromatic rings. The SMILES string of the molecule is CCN(C(=O)C(CS)NC(=O)OC(C)(C)C)C(C(=O)NC(C)(C)C)c1cccc(C)c1C. The van der Waals surface area contributed by atoms with Gasteiger partial charge in [-0.15, -0.1) is 0 Å². The van der Waals surface area contributed by atoms with Crippen LogP contribution in [-0.2, 0) is 14.3 Å². The van der Waals surface area contributed by atoms with E-state index in [1.54, 1.807) is 20.8 Å². The average molecular weight is 466 g/mol. The molecule has 1 aromatic carbocycles. The molecule has 2 atom stereocenters. The van der Waals surface area contributed by atoms with E-state index in [2.05, 4.69) is 23.3 Å². The van der Waals surface area contributed by atoms with Crippen LogP contribution in [0, 0.1) is 13.8 Å². The van der Waals surface area contributed by atoms with Crippen molar-refractivity contribution >= 4 is 30.5 Å². The standard InChI is InChI=1S/C24H39N3O4S/c1-10-27(21(29)18(14-32)25-22(30)31-24(7,8)9)19(20(28)26-23(4,5)6)17-13-11-12-15(2)16(17)3/h11-13,18-19,32H,10,14H2,1-9H3,(H,25,30)(H,26,28). The molecular formula is C24H39N3O4S. The molecule has 0 saturated carbocycles. The van der Waals surface area contributed by atoms with Crippen molar-refractivity contribution in [3.8, 4) is 0 Å². The Labute approximate surface area is 198 Å². The van der Waals surface area contributed by atoms with Gasteiger partial charge < -0.3 is 20.3 Å². The summed E-state index contributed by atoms with van der Waals surface area (Å²) in [6.45, 7) is 16.9. The van der Waals surface area contributed by atoms with Crippen molar-refractivity contribution in [2.75, 3.05) is 12.3 Å². The van der Waals surface area contributed by atoms with E-state index in [0.29, 0.717) is 0 Å². The molecule has 3 amide bonds. The van der Waals surface area contributed by atoms with E-state index in [1.807, 2.05) is 59.7 Å². The number of carbonyl (C=O) groups is 3. The molecule has 0 fully saturated rings. The van der Waals surface area contributed by atoms with E-state index in [-0.39, 0.29) is 18.2 Å². The minimum Gasteiger partial charge on any atom is -0.444 e. The highest BCUT2D eigenvalue weighted by Crippen LogP contribution is 2.28. The first-order chi connectivity index (χ1) is 14.6. The summed E-state index contributed by atoms with van der Waals surface area (Å²) >= 11 is 4.27. The van der Waals surface area contributed by atoms with Gasteiger partial charge in [-0.05, 0) is 79.0 Å². The molecule has 0 heterocycles. The highest BCUT2D eigenvalue weighted by atomic mass is 32.1. The number of nitrogens with one attached hydrogen (secondary N) is 2. The molecule has 0 aromatic heterocycles. The number of ether oxygens (including phenoxy) is 1. The number of rotatable bonds is 7. The van der Waals surface area contributed by atoms with E-state index in [4.69, 9.17) is 4.74 Å². The molecule has 2 N–H and O–H groups in total. The summed E-state index contributed by atoms with van der Waals surface area (Å²) < 4.78 is 5.29. The molecule has 0 saturated heterocycles. The Bertz CT molecular complexity index is 828. The van der Waals surface area contributed by atoms with Crippen LogP contribution in [0.15, 0.2) is 18.2 Å². The van der Waals surface area contributed by atoms with Gasteiger partial charge in [0, 0.05) is 17.8 Å². The minimum atomic E-state index is -0.941. The molecule has 1 rings (SSSR count). The third kappa shape index (κ3) is 8.04. The molecule has 0 bridgehead atoms. The summed E-state index contributed by atoms with van der Waals surface area (Å²) in [6.07, 6.45) is -0.705. The molecule has 0 aliphatic carbocycles. The van der Waals surface area contributed by atoms with Gasteiger partial charge in [-0.1, -0.05) is 18.2 Å². The number of thiol groups is 1. The molecule has 180 valence electrons. The Balaban J connectivity index is 3.38. The number of aryl methyl sites for hydroxylation is 1. The Kier molecular flexibility index (Phi) is 9.63. The van der Waals surface area contributed by atoms with Crippen LogP contribution in [0.3, 0.4) is 0 Å². The molecule has 0 radical (unpaired) electrons. The van der Waals surface area contributed by atoms with Gasteiger partial charge in [-0.25, -0.2) is 4.79 Å². The van der Waals surface area contributed by atoms with E-state index >= 15 is 0 Å². The van der Waals surface area contributed by atoms with Crippen LogP contribution in [-0.4, -0.2) is 52.3 Å². The normalized spacial score (nSPS) is 13.7. The highest BCUT2D eigenvalue weighted by molar-refractivity contribution is 7.80. The zero-order valence-electron chi connectivity index (χ0n) is 20.8. The van der Waals surface area contributed by atoms with Crippen molar-refractivity contribution < 1.29 is 19.1 Å². The van der Waals surface area contributed by atoms with Crippen LogP contribution in [0.1, 0.15) is 71.2 Å². The fourth-order valence-electron chi connectivity index (χ4n) is 3.26. The van der Waals surface area contributed by atoms with Crippen molar-refractivity contribution in [1.29, 1.82) is 0 Å². The third-order valence-electron chi connectivity index (χ3n) is 4.79. The minimum absolute atomic E-state index is 0.0645. The average Bonchev–Trinajstić information content (AvgIpc) is 2.63. The van der Waals surface area contributed by atoms with Gasteiger partial charge in [0.05, 0.1) is 0 Å². The lowest BCUT2D eigenvalue weighted by atomic mass is 9.94. The predicted molar refractivity (Wildman–Crippen MR) is 131 cm³/mol. The smallest absolute Gasteiger partial charge is 0.408 e. The number of hydrogen-bond donors (Lipinski definition) is 3. The van der Waals surface area contributed by atoms with Crippen LogP contribution in [0.5, 0.6) is 0 Å². The van der Waals surface area contributed by atoms with Crippen LogP contribution >= 0.6 is 12.6 Å². The van der Waals surface area contributed by atoms with Gasteiger partial charge >= 0.3 is 6.09 Å². The molecule has 0 aliphatic rings. The van der Waals surface area contributed by atoms with Crippen molar-refractivity contribution in [3.05, 3.63) is 34.9 Å². The molecular weight excluding hydrogens is 426 g/mol. The number of benzene rings is 1. The Morgan fingerprint density at radius 3 is 2.16 bits per heavy atom. The first kappa shape index (κ1) is 27.8. The second-order valence-electron chi connectivity index (χ2n) is 9.94. The number of alkyl carbamates (subject to hydrolysis) is 1. The summed E-state index contributed by atoms with van der Waals surface area (Å²) in [6, 6.07) is 3.92. The largest absolute Gasteiger partial charge is 0.444 e. The van der Waals surface area contributed by atoms with Gasteiger partial charge in [-0.2, -0.15) is 12.6 Å². The maximum atomic E-state index is 13.5. The fourth-order valence-corrected chi connectivity index (χ4v) is 3.51. The number of amides is 3. The van der Waals surface area contributed by atoms with E-state index in [9.17, 15) is 14.4 Å². The topological polar surface area (TPSA) is 87.7 Å². The van der Waals surface area contributed by atoms with Crippen molar-refractivity contribution in [3.63, 3.8) is 0 Å². The van der Waals surface area contributed by atoms with Gasteiger partial charge in [0.15, 0.2) is 0 Å². The number of nitrogens with zero attached hydrogens (tertiary/aromatic N) is 1. The van der Waals surface area contributed by atoms with Gasteiger partial charge in [0.1, 0.15) is 17.7 Å². The zero-order chi connectivity index (χ0) is 24.9. The van der Waals surface area contributed by atoms with Crippen LogP contribution in [0.4, 0.5) is 4.79 Å². The lowest BCUT2D eigenvalue weighted by Gasteiger charge is -2.35. The molecule has 8 heteroatoms. The van der Waals surface area contributed by atoms with E-state index in [0.717, 1.165) is 16.7 Å². The van der Waals surface area contributed by atoms with Crippen LogP contribution < -0.4 is 10.6 Å². The maximum absolute atomic E-state index is 13.5. The Hall–Kier alpha value is -2.22. The van der Waals surface area contributed by atoms with Gasteiger partial charge in [0.2, 0.25) is 11.8 Å². The molecule has 2 unspecified atom stereocenters. The summed E-state index contributed by atoms with van der Waals surface area (Å²) in [5, 5.41) is 5.60. The molecule has 0 aliphatic heterocycles. The summed E-state index contributed by atoms with van der Waals surface area (Å²) in [5.74, 6) is -0.616. The van der Waals surface area contributed by atoms with Crippen molar-refractivity contribution in [2.24, 2.45) is 0 Å². The fraction of sp³-hybridized carbons (Fsp3) is 0.625. The lowest BCUT2D eigenvalue weighted by Crippen LogP contribution is -2.55. The number of likely N-dealkylation sites (N-methyl/N-ethyl adjacent to an activating group) is 1. The van der Waals surface area contributed by atoms with Crippen LogP contribution in [0.25, 0.3) is 0 Å². The molecule has 7 nitrogen and oxygen atoms in total. The summed E-state index contributed by atoms with van der Waals surface area (Å²) in [7, 11) is 0. The summed E-state index contributed by atoms with van der Waals surface area (Å²) in [4.78, 5) is 40.7. The first-order valence-electron chi connectivity index (χ1n) is 10.9. The maximum Gasteiger partial charge on any atom is 0.408 e. The van der Waals surface area contributed by atoms with E-state index < -0.39 is 35.2 Å². The van der Waals surface area contributed by atoms with Crippen molar-refractivity contribution in [1.82, 2.24) is 15.5 Å². The second-order valence-corrected chi connectivity index (χ2v) is 10.3. The van der Waals surface area contributed by atoms with Gasteiger partial charge in [-0.3, -0.25) is 9.59 Å². The molecule has 0 spiro atoms.